The van der Waals surface area contributed by atoms with Crippen LogP contribution in [0.15, 0.2) is 48.5 Å². The Morgan fingerprint density at radius 1 is 1.03 bits per heavy atom. The molecule has 0 aliphatic carbocycles. The van der Waals surface area contributed by atoms with Crippen molar-refractivity contribution in [3.05, 3.63) is 69.8 Å². The predicted octanol–water partition coefficient (Wildman–Crippen LogP) is 2.75. The maximum absolute atomic E-state index is 13.0. The molecule has 11 nitrogen and oxygen atoms in total. The number of hydrogen-bond acceptors (Lipinski definition) is 8. The van der Waals surface area contributed by atoms with Crippen LogP contribution in [0, 0.1) is 16.0 Å². The summed E-state index contributed by atoms with van der Waals surface area (Å²) < 4.78 is 15.2. The van der Waals surface area contributed by atoms with Crippen molar-refractivity contribution >= 4 is 23.7 Å². The normalized spacial score (nSPS) is 12.3. The number of nitro groups is 1. The third-order valence-corrected chi connectivity index (χ3v) is 5.14. The average molecular weight is 488 g/mol. The van der Waals surface area contributed by atoms with E-state index in [1.807, 2.05) is 18.2 Å². The van der Waals surface area contributed by atoms with E-state index in [0.717, 1.165) is 12.7 Å². The zero-order valence-electron chi connectivity index (χ0n) is 20.0. The number of nitrogens with zero attached hydrogens (tertiary/aromatic N) is 1. The Morgan fingerprint density at radius 2 is 1.71 bits per heavy atom. The molecule has 0 radical (unpaired) electrons. The van der Waals surface area contributed by atoms with Crippen molar-refractivity contribution in [1.29, 1.82) is 0 Å². The predicted molar refractivity (Wildman–Crippen MR) is 126 cm³/mol. The number of esters is 1. The lowest BCUT2D eigenvalue weighted by atomic mass is 10.0. The zero-order valence-corrected chi connectivity index (χ0v) is 20.0. The van der Waals surface area contributed by atoms with Gasteiger partial charge in [-0.1, -0.05) is 44.2 Å². The van der Waals surface area contributed by atoms with Crippen LogP contribution in [0.3, 0.4) is 0 Å². The number of carbonyl (C=O) groups excluding carboxylic acids is 3. The van der Waals surface area contributed by atoms with Gasteiger partial charge in [-0.15, -0.1) is 0 Å². The number of hydrogen-bond donors (Lipinski definition) is 2. The fraction of sp³-hybridized carbons (Fsp3) is 0.375. The Kier molecular flexibility index (Phi) is 10.0. The molecule has 0 aliphatic heterocycles. The Hall–Kier alpha value is -4.15. The topological polar surface area (TPSA) is 146 Å². The Balaban J connectivity index is 2.14. The highest BCUT2D eigenvalue weighted by molar-refractivity contribution is 5.90. The third kappa shape index (κ3) is 7.98. The molecular formula is C24H29N3O8. The van der Waals surface area contributed by atoms with Crippen LogP contribution in [0.4, 0.5) is 10.5 Å². The molecule has 2 N–H and O–H groups in total. The van der Waals surface area contributed by atoms with Crippen molar-refractivity contribution in [3.8, 4) is 5.75 Å². The van der Waals surface area contributed by atoms with Crippen LogP contribution in [0.5, 0.6) is 5.75 Å². The van der Waals surface area contributed by atoms with E-state index in [0.29, 0.717) is 11.3 Å². The quantitative estimate of drug-likeness (QED) is 0.279. The van der Waals surface area contributed by atoms with Gasteiger partial charge in [0.1, 0.15) is 24.4 Å². The number of non-ortho nitro benzene ring substituents is 1. The first-order valence-corrected chi connectivity index (χ1v) is 10.8. The van der Waals surface area contributed by atoms with Gasteiger partial charge in [-0.3, -0.25) is 14.9 Å². The van der Waals surface area contributed by atoms with Gasteiger partial charge in [-0.25, -0.2) is 9.59 Å². The Bertz CT molecular complexity index is 1040. The summed E-state index contributed by atoms with van der Waals surface area (Å²) in [5, 5.41) is 16.3. The molecule has 0 fully saturated rings. The molecule has 2 aromatic rings. The highest BCUT2D eigenvalue weighted by atomic mass is 16.6. The number of ether oxygens (including phenoxy) is 3. The highest BCUT2D eigenvalue weighted by Gasteiger charge is 2.30. The maximum Gasteiger partial charge on any atom is 0.408 e. The molecule has 0 bridgehead atoms. The number of alkyl carbamates (subject to hydrolysis) is 1. The number of methoxy groups -OCH3 is 2. The van der Waals surface area contributed by atoms with Crippen molar-refractivity contribution in [2.75, 3.05) is 14.2 Å². The van der Waals surface area contributed by atoms with Crippen molar-refractivity contribution in [3.63, 3.8) is 0 Å². The van der Waals surface area contributed by atoms with E-state index in [1.165, 1.54) is 25.3 Å². The van der Waals surface area contributed by atoms with Gasteiger partial charge >= 0.3 is 12.1 Å². The van der Waals surface area contributed by atoms with Crippen molar-refractivity contribution in [2.24, 2.45) is 5.92 Å². The highest BCUT2D eigenvalue weighted by Crippen LogP contribution is 2.25. The van der Waals surface area contributed by atoms with Gasteiger partial charge in [0, 0.05) is 24.1 Å². The fourth-order valence-electron chi connectivity index (χ4n) is 3.28. The summed E-state index contributed by atoms with van der Waals surface area (Å²) in [6.45, 7) is 3.47. The molecule has 0 saturated heterocycles. The number of nitro benzene ring substituents is 1. The molecule has 2 amide bonds. The minimum absolute atomic E-state index is 0.0243. The van der Waals surface area contributed by atoms with E-state index in [9.17, 15) is 24.5 Å². The molecule has 0 aromatic heterocycles. The van der Waals surface area contributed by atoms with Crippen LogP contribution in [-0.2, 0) is 32.1 Å². The van der Waals surface area contributed by atoms with Crippen LogP contribution in [-0.4, -0.2) is 49.2 Å². The van der Waals surface area contributed by atoms with Gasteiger partial charge in [0.25, 0.3) is 5.69 Å². The summed E-state index contributed by atoms with van der Waals surface area (Å²) in [7, 11) is 2.54. The van der Waals surface area contributed by atoms with E-state index >= 15 is 0 Å². The molecule has 2 aromatic carbocycles. The number of amides is 2. The van der Waals surface area contributed by atoms with E-state index in [1.54, 1.807) is 26.0 Å². The largest absolute Gasteiger partial charge is 0.496 e. The van der Waals surface area contributed by atoms with E-state index in [4.69, 9.17) is 14.2 Å². The summed E-state index contributed by atoms with van der Waals surface area (Å²) >= 11 is 0. The maximum atomic E-state index is 13.0. The molecule has 0 saturated carbocycles. The molecule has 188 valence electrons. The van der Waals surface area contributed by atoms with E-state index < -0.39 is 35.0 Å². The standard InChI is InChI=1S/C24H29N3O8/c1-15(2)21(26-24(30)35-14-16-8-6-5-7-9-16)22(28)25-19(23(29)34-4)13-17-12-18(27(31)32)10-11-20(17)33-3/h5-12,15,19,21H,13-14H2,1-4H3,(H,25,28)(H,26,30)/t19-,21-/m1/s1. The van der Waals surface area contributed by atoms with Crippen LogP contribution in [0.1, 0.15) is 25.0 Å². The van der Waals surface area contributed by atoms with Gasteiger partial charge in [0.15, 0.2) is 0 Å². The van der Waals surface area contributed by atoms with Gasteiger partial charge in [-0.2, -0.15) is 0 Å². The SMILES string of the molecule is COC(=O)[C@@H](Cc1cc([N+](=O)[O-])ccc1OC)NC(=O)[C@H](NC(=O)OCc1ccccc1)C(C)C. The van der Waals surface area contributed by atoms with Gasteiger partial charge in [0.2, 0.25) is 5.91 Å². The summed E-state index contributed by atoms with van der Waals surface area (Å²) in [6, 6.07) is 10.8. The molecule has 2 atom stereocenters. The first-order chi connectivity index (χ1) is 16.7. The molecule has 0 spiro atoms. The second-order valence-corrected chi connectivity index (χ2v) is 7.97. The summed E-state index contributed by atoms with van der Waals surface area (Å²) in [5.74, 6) is -1.44. The molecule has 0 unspecified atom stereocenters. The second kappa shape index (κ2) is 12.9. The molecule has 0 aliphatic rings. The minimum atomic E-state index is -1.19. The minimum Gasteiger partial charge on any atom is -0.496 e. The number of rotatable bonds is 11. The fourth-order valence-corrected chi connectivity index (χ4v) is 3.28. The smallest absolute Gasteiger partial charge is 0.408 e. The summed E-state index contributed by atoms with van der Waals surface area (Å²) in [6.07, 6.45) is -0.926. The van der Waals surface area contributed by atoms with E-state index in [2.05, 4.69) is 10.6 Å². The lowest BCUT2D eigenvalue weighted by Crippen LogP contribution is -2.54. The first-order valence-electron chi connectivity index (χ1n) is 10.8. The number of nitrogens with one attached hydrogen (secondary N) is 2. The van der Waals surface area contributed by atoms with Crippen LogP contribution >= 0.6 is 0 Å². The Morgan fingerprint density at radius 3 is 2.29 bits per heavy atom. The third-order valence-electron chi connectivity index (χ3n) is 5.14. The average Bonchev–Trinajstić information content (AvgIpc) is 2.85. The zero-order chi connectivity index (χ0) is 26.0. The molecular weight excluding hydrogens is 458 g/mol. The van der Waals surface area contributed by atoms with Crippen molar-refractivity contribution < 1.29 is 33.5 Å². The van der Waals surface area contributed by atoms with Crippen LogP contribution in [0.25, 0.3) is 0 Å². The van der Waals surface area contributed by atoms with Crippen molar-refractivity contribution in [1.82, 2.24) is 10.6 Å². The second-order valence-electron chi connectivity index (χ2n) is 7.97. The lowest BCUT2D eigenvalue weighted by Gasteiger charge is -2.24. The van der Waals surface area contributed by atoms with Crippen LogP contribution < -0.4 is 15.4 Å². The van der Waals surface area contributed by atoms with E-state index in [-0.39, 0.29) is 24.6 Å². The number of benzene rings is 2. The Labute approximate surface area is 202 Å². The van der Waals surface area contributed by atoms with Gasteiger partial charge in [0.05, 0.1) is 19.1 Å². The molecule has 11 heteroatoms. The molecule has 0 heterocycles. The summed E-state index contributed by atoms with van der Waals surface area (Å²) in [4.78, 5) is 48.3. The molecule has 35 heavy (non-hydrogen) atoms. The van der Waals surface area contributed by atoms with Gasteiger partial charge in [-0.05, 0) is 17.5 Å². The van der Waals surface area contributed by atoms with Crippen molar-refractivity contribution in [2.45, 2.75) is 39.0 Å². The molecule has 2 rings (SSSR count). The van der Waals surface area contributed by atoms with Gasteiger partial charge < -0.3 is 24.8 Å². The lowest BCUT2D eigenvalue weighted by molar-refractivity contribution is -0.384. The number of carbonyl (C=O) groups is 3. The summed E-state index contributed by atoms with van der Waals surface area (Å²) in [5.41, 5.74) is 0.914. The monoisotopic (exact) mass is 487 g/mol. The first kappa shape index (κ1) is 27.1. The van der Waals surface area contributed by atoms with Crippen LogP contribution in [0.2, 0.25) is 0 Å².